The second-order valence-electron chi connectivity index (χ2n) is 9.21. The zero-order chi connectivity index (χ0) is 25.7. The maximum Gasteiger partial charge on any atom is 0.308 e. The molecule has 0 saturated carbocycles. The summed E-state index contributed by atoms with van der Waals surface area (Å²) in [6.45, 7) is 5.65. The van der Waals surface area contributed by atoms with Crippen molar-refractivity contribution in [2.24, 2.45) is 0 Å². The molecule has 1 saturated heterocycles. The van der Waals surface area contributed by atoms with Gasteiger partial charge in [0.05, 0.1) is 37.0 Å². The van der Waals surface area contributed by atoms with Crippen molar-refractivity contribution >= 4 is 22.5 Å². The van der Waals surface area contributed by atoms with E-state index in [9.17, 15) is 14.4 Å². The molecule has 3 heterocycles. The lowest BCUT2D eigenvalue weighted by Gasteiger charge is -2.26. The zero-order valence-corrected chi connectivity index (χ0v) is 20.6. The molecule has 3 aliphatic rings. The maximum absolute atomic E-state index is 13.9. The Kier molecular flexibility index (Phi) is 5.85. The van der Waals surface area contributed by atoms with Crippen molar-refractivity contribution in [1.29, 1.82) is 0 Å². The Balaban J connectivity index is 1.53. The molecule has 0 bridgehead atoms. The van der Waals surface area contributed by atoms with Crippen LogP contribution in [0.15, 0.2) is 29.1 Å². The van der Waals surface area contributed by atoms with Crippen LogP contribution in [0.4, 0.5) is 0 Å². The fourth-order valence-electron chi connectivity index (χ4n) is 5.31. The first kappa shape index (κ1) is 23.5. The van der Waals surface area contributed by atoms with Gasteiger partial charge in [0.1, 0.15) is 0 Å². The van der Waals surface area contributed by atoms with Gasteiger partial charge in [0, 0.05) is 49.6 Å². The molecular formula is C27H26N2O8. The molecule has 2 aliphatic heterocycles. The highest BCUT2D eigenvalue weighted by Gasteiger charge is 2.35. The minimum atomic E-state index is -0.539. The van der Waals surface area contributed by atoms with Crippen molar-refractivity contribution in [1.82, 2.24) is 9.47 Å². The highest BCUT2D eigenvalue weighted by molar-refractivity contribution is 6.27. The first-order chi connectivity index (χ1) is 18.0. The van der Waals surface area contributed by atoms with E-state index in [4.69, 9.17) is 23.7 Å². The Morgan fingerprint density at radius 1 is 0.946 bits per heavy atom. The fraction of sp³-hybridized carbons (Fsp3) is 0.370. The quantitative estimate of drug-likeness (QED) is 0.288. The molecule has 0 spiro atoms. The van der Waals surface area contributed by atoms with Gasteiger partial charge < -0.3 is 28.3 Å². The molecule has 0 atom stereocenters. The van der Waals surface area contributed by atoms with Crippen LogP contribution in [0.5, 0.6) is 23.0 Å². The van der Waals surface area contributed by atoms with Gasteiger partial charge in [-0.1, -0.05) is 0 Å². The average molecular weight is 507 g/mol. The van der Waals surface area contributed by atoms with Gasteiger partial charge in [-0.25, -0.2) is 0 Å². The van der Waals surface area contributed by atoms with Crippen LogP contribution in [0.3, 0.4) is 0 Å². The number of esters is 1. The predicted octanol–water partition coefficient (Wildman–Crippen LogP) is 2.60. The van der Waals surface area contributed by atoms with Crippen LogP contribution in [-0.4, -0.2) is 68.0 Å². The predicted molar refractivity (Wildman–Crippen MR) is 133 cm³/mol. The summed E-state index contributed by atoms with van der Waals surface area (Å²) in [5, 5.41) is 0.726. The number of ether oxygens (including phenoxy) is 5. The van der Waals surface area contributed by atoms with Crippen molar-refractivity contribution in [2.45, 2.75) is 19.9 Å². The number of ketones is 1. The van der Waals surface area contributed by atoms with Crippen molar-refractivity contribution in [3.05, 3.63) is 45.7 Å². The highest BCUT2D eigenvalue weighted by Crippen LogP contribution is 2.47. The first-order valence-corrected chi connectivity index (χ1v) is 12.2. The molecule has 1 aromatic heterocycles. The fourth-order valence-corrected chi connectivity index (χ4v) is 5.31. The Labute approximate surface area is 212 Å². The summed E-state index contributed by atoms with van der Waals surface area (Å²) < 4.78 is 28.9. The van der Waals surface area contributed by atoms with Crippen LogP contribution in [0, 0.1) is 0 Å². The van der Waals surface area contributed by atoms with Crippen LogP contribution < -0.4 is 24.5 Å². The van der Waals surface area contributed by atoms with Gasteiger partial charge in [0.2, 0.25) is 6.79 Å². The van der Waals surface area contributed by atoms with E-state index >= 15 is 0 Å². The second-order valence-corrected chi connectivity index (χ2v) is 9.21. The van der Waals surface area contributed by atoms with Crippen LogP contribution in [0.25, 0.3) is 22.0 Å². The Morgan fingerprint density at radius 2 is 1.65 bits per heavy atom. The van der Waals surface area contributed by atoms with Crippen LogP contribution >= 0.6 is 0 Å². The van der Waals surface area contributed by atoms with E-state index in [2.05, 4.69) is 4.90 Å². The van der Waals surface area contributed by atoms with Gasteiger partial charge in [0.15, 0.2) is 28.8 Å². The molecule has 37 heavy (non-hydrogen) atoms. The van der Waals surface area contributed by atoms with E-state index in [-0.39, 0.29) is 35.0 Å². The lowest BCUT2D eigenvalue weighted by Crippen LogP contribution is -2.37. The number of aromatic nitrogens is 1. The van der Waals surface area contributed by atoms with E-state index < -0.39 is 5.97 Å². The third kappa shape index (κ3) is 3.93. The number of hydrogen-bond donors (Lipinski definition) is 0. The van der Waals surface area contributed by atoms with Crippen LogP contribution in [-0.2, 0) is 16.1 Å². The number of fused-ring (bicyclic) bond motifs is 6. The normalized spacial score (nSPS) is 16.1. The Morgan fingerprint density at radius 3 is 2.35 bits per heavy atom. The number of hydrogen-bond acceptors (Lipinski definition) is 9. The van der Waals surface area contributed by atoms with Gasteiger partial charge in [-0.3, -0.25) is 19.3 Å². The summed E-state index contributed by atoms with van der Waals surface area (Å²) in [5.74, 6) is 0.672. The smallest absolute Gasteiger partial charge is 0.308 e. The van der Waals surface area contributed by atoms with Gasteiger partial charge in [-0.15, -0.1) is 0 Å². The molecule has 2 aromatic carbocycles. The molecule has 192 valence electrons. The monoisotopic (exact) mass is 506 g/mol. The van der Waals surface area contributed by atoms with Gasteiger partial charge in [0.25, 0.3) is 5.56 Å². The topological polar surface area (TPSA) is 106 Å². The molecule has 1 fully saturated rings. The van der Waals surface area contributed by atoms with Gasteiger partial charge in [-0.2, -0.15) is 0 Å². The first-order valence-electron chi connectivity index (χ1n) is 12.2. The zero-order valence-electron chi connectivity index (χ0n) is 20.6. The third-order valence-electron chi connectivity index (χ3n) is 7.01. The lowest BCUT2D eigenvalue weighted by atomic mass is 10.0. The summed E-state index contributed by atoms with van der Waals surface area (Å²) in [7, 11) is 1.44. The molecule has 1 aliphatic carbocycles. The second kappa shape index (κ2) is 9.20. The molecule has 0 amide bonds. The van der Waals surface area contributed by atoms with Gasteiger partial charge in [-0.05, 0) is 30.7 Å². The summed E-state index contributed by atoms with van der Waals surface area (Å²) in [4.78, 5) is 41.7. The van der Waals surface area contributed by atoms with Crippen molar-refractivity contribution in [3.8, 4) is 34.3 Å². The van der Waals surface area contributed by atoms with E-state index in [0.717, 1.165) is 19.6 Å². The minimum absolute atomic E-state index is 0.0828. The van der Waals surface area contributed by atoms with Crippen molar-refractivity contribution < 1.29 is 33.3 Å². The standard InChI is InChI=1S/C27H26N2O8/c1-15(30)37-23-13-19-16(10-20(23)33-2)24-25(17-11-21-22(36-14-35-21)12-18(17)26(24)31)29(27(19)32)5-3-4-28-6-8-34-9-7-28/h10-13H,3-9,14H2,1-2H3. The molecular weight excluding hydrogens is 480 g/mol. The molecule has 0 unspecified atom stereocenters. The number of rotatable bonds is 6. The maximum atomic E-state index is 13.9. The van der Waals surface area contributed by atoms with Crippen LogP contribution in [0.1, 0.15) is 29.3 Å². The summed E-state index contributed by atoms with van der Waals surface area (Å²) in [6.07, 6.45) is 0.707. The highest BCUT2D eigenvalue weighted by atomic mass is 16.7. The Bertz CT molecular complexity index is 1500. The number of methoxy groups -OCH3 is 1. The molecule has 10 heteroatoms. The summed E-state index contributed by atoms with van der Waals surface area (Å²) >= 11 is 0. The molecule has 6 rings (SSSR count). The minimum Gasteiger partial charge on any atom is -0.493 e. The number of benzene rings is 2. The number of morpholine rings is 1. The number of nitrogens with zero attached hydrogens (tertiary/aromatic N) is 2. The van der Waals surface area contributed by atoms with E-state index in [1.807, 2.05) is 0 Å². The third-order valence-corrected chi connectivity index (χ3v) is 7.01. The van der Waals surface area contributed by atoms with Crippen LogP contribution in [0.2, 0.25) is 0 Å². The number of carbonyl (C=O) groups is 2. The largest absolute Gasteiger partial charge is 0.493 e. The van der Waals surface area contributed by atoms with Crippen molar-refractivity contribution in [2.75, 3.05) is 46.8 Å². The van der Waals surface area contributed by atoms with E-state index in [0.29, 0.717) is 65.4 Å². The average Bonchev–Trinajstić information content (AvgIpc) is 3.47. The molecule has 0 N–H and O–H groups in total. The molecule has 10 nitrogen and oxygen atoms in total. The number of carbonyl (C=O) groups excluding carboxylic acids is 2. The van der Waals surface area contributed by atoms with Crippen molar-refractivity contribution in [3.63, 3.8) is 0 Å². The van der Waals surface area contributed by atoms with E-state index in [1.54, 1.807) is 22.8 Å². The summed E-state index contributed by atoms with van der Waals surface area (Å²) in [6, 6.07) is 6.53. The molecule has 3 aromatic rings. The van der Waals surface area contributed by atoms with Gasteiger partial charge >= 0.3 is 5.97 Å². The van der Waals surface area contributed by atoms with E-state index in [1.165, 1.54) is 20.1 Å². The summed E-state index contributed by atoms with van der Waals surface area (Å²) in [5.41, 5.74) is 1.78. The molecule has 0 radical (unpaired) electrons. The number of pyridine rings is 1. The SMILES string of the molecule is COc1cc2c3c(n(CCCN4CCOCC4)c(=O)c2cc1OC(C)=O)-c1cc2c(cc1C3=O)OCO2. The Hall–Kier alpha value is -3.89. The lowest BCUT2D eigenvalue weighted by molar-refractivity contribution is -0.132.